The summed E-state index contributed by atoms with van der Waals surface area (Å²) in [5, 5.41) is 6.92. The molecule has 2 heterocycles. The van der Waals surface area contributed by atoms with Gasteiger partial charge in [-0.3, -0.25) is 9.79 Å². The molecule has 2 atom stereocenters. The molecular weight excluding hydrogens is 406 g/mol. The molecule has 2 amide bonds. The van der Waals surface area contributed by atoms with Gasteiger partial charge in [-0.15, -0.1) is 0 Å². The zero-order valence-electron chi connectivity index (χ0n) is 20.5. The molecular formula is C24H43N5O3. The second-order valence-corrected chi connectivity index (χ2v) is 10.6. The van der Waals surface area contributed by atoms with Crippen LogP contribution in [0.25, 0.3) is 0 Å². The summed E-state index contributed by atoms with van der Waals surface area (Å²) >= 11 is 0. The number of carbonyl (C=O) groups excluding carboxylic acids is 2. The van der Waals surface area contributed by atoms with Crippen molar-refractivity contribution in [1.29, 1.82) is 0 Å². The summed E-state index contributed by atoms with van der Waals surface area (Å²) in [5.74, 6) is 1.86. The number of aliphatic imine (C=N–C) groups is 1. The van der Waals surface area contributed by atoms with Crippen molar-refractivity contribution >= 4 is 18.0 Å². The highest BCUT2D eigenvalue weighted by atomic mass is 16.6. The van der Waals surface area contributed by atoms with Crippen LogP contribution in [-0.4, -0.2) is 79.2 Å². The van der Waals surface area contributed by atoms with Crippen LogP contribution < -0.4 is 10.6 Å². The smallest absolute Gasteiger partial charge is 0.410 e. The first-order valence-electron chi connectivity index (χ1n) is 12.5. The number of hydrogen-bond donors (Lipinski definition) is 2. The minimum Gasteiger partial charge on any atom is -0.444 e. The van der Waals surface area contributed by atoms with Crippen molar-refractivity contribution in [2.24, 2.45) is 16.8 Å². The van der Waals surface area contributed by atoms with E-state index >= 15 is 0 Å². The van der Waals surface area contributed by atoms with E-state index in [9.17, 15) is 9.59 Å². The van der Waals surface area contributed by atoms with Gasteiger partial charge < -0.3 is 25.2 Å². The lowest BCUT2D eigenvalue weighted by Gasteiger charge is -2.34. The van der Waals surface area contributed by atoms with Crippen molar-refractivity contribution in [3.8, 4) is 0 Å². The highest BCUT2D eigenvalue weighted by Gasteiger charge is 2.32. The zero-order valence-corrected chi connectivity index (χ0v) is 20.5. The summed E-state index contributed by atoms with van der Waals surface area (Å²) in [6.07, 6.45) is 8.40. The van der Waals surface area contributed by atoms with Crippen molar-refractivity contribution in [3.05, 3.63) is 0 Å². The van der Waals surface area contributed by atoms with E-state index in [1.165, 1.54) is 12.8 Å². The summed E-state index contributed by atoms with van der Waals surface area (Å²) in [4.78, 5) is 33.3. The molecule has 3 rings (SSSR count). The molecule has 1 aliphatic carbocycles. The summed E-state index contributed by atoms with van der Waals surface area (Å²) in [6, 6.07) is 0.254. The third-order valence-electron chi connectivity index (χ3n) is 6.78. The summed E-state index contributed by atoms with van der Waals surface area (Å²) in [7, 11) is 1.79. The van der Waals surface area contributed by atoms with Crippen molar-refractivity contribution < 1.29 is 14.3 Å². The van der Waals surface area contributed by atoms with E-state index in [4.69, 9.17) is 4.74 Å². The van der Waals surface area contributed by atoms with Crippen LogP contribution in [0.5, 0.6) is 0 Å². The van der Waals surface area contributed by atoms with E-state index in [0.717, 1.165) is 77.2 Å². The molecule has 2 aliphatic heterocycles. The Morgan fingerprint density at radius 3 is 2.44 bits per heavy atom. The molecule has 3 aliphatic rings. The number of nitrogens with zero attached hydrogens (tertiary/aromatic N) is 3. The average Bonchev–Trinajstić information content (AvgIpc) is 3.44. The van der Waals surface area contributed by atoms with Crippen molar-refractivity contribution in [2.75, 3.05) is 39.8 Å². The monoisotopic (exact) mass is 449 g/mol. The maximum absolute atomic E-state index is 12.7. The first-order chi connectivity index (χ1) is 15.2. The number of carbonyl (C=O) groups is 2. The largest absolute Gasteiger partial charge is 0.444 e. The van der Waals surface area contributed by atoms with E-state index in [1.54, 1.807) is 7.05 Å². The lowest BCUT2D eigenvalue weighted by Crippen LogP contribution is -2.46. The summed E-state index contributed by atoms with van der Waals surface area (Å²) < 4.78 is 5.53. The molecule has 0 aromatic carbocycles. The highest BCUT2D eigenvalue weighted by molar-refractivity contribution is 5.81. The fourth-order valence-corrected chi connectivity index (χ4v) is 5.08. The number of piperidine rings is 1. The van der Waals surface area contributed by atoms with E-state index in [-0.39, 0.29) is 18.1 Å². The quantitative estimate of drug-likeness (QED) is 0.498. The fraction of sp³-hybridized carbons (Fsp3) is 0.875. The third-order valence-corrected chi connectivity index (χ3v) is 6.78. The Morgan fingerprint density at radius 2 is 1.75 bits per heavy atom. The van der Waals surface area contributed by atoms with E-state index in [0.29, 0.717) is 11.8 Å². The Hall–Kier alpha value is -1.99. The van der Waals surface area contributed by atoms with Crippen LogP contribution in [-0.2, 0) is 9.53 Å². The Bertz CT molecular complexity index is 669. The zero-order chi connectivity index (χ0) is 23.1. The van der Waals surface area contributed by atoms with Gasteiger partial charge >= 0.3 is 6.09 Å². The van der Waals surface area contributed by atoms with Gasteiger partial charge in [-0.2, -0.15) is 0 Å². The van der Waals surface area contributed by atoms with E-state index in [2.05, 4.69) is 15.6 Å². The van der Waals surface area contributed by atoms with Gasteiger partial charge in [0.2, 0.25) is 5.91 Å². The van der Waals surface area contributed by atoms with Gasteiger partial charge in [-0.05, 0) is 65.2 Å². The number of guanidine groups is 1. The van der Waals surface area contributed by atoms with Crippen LogP contribution in [0.4, 0.5) is 4.79 Å². The normalized spacial score (nSPS) is 25.2. The van der Waals surface area contributed by atoms with E-state index in [1.807, 2.05) is 30.6 Å². The number of nitrogens with one attached hydrogen (secondary N) is 2. The number of likely N-dealkylation sites (tertiary alicyclic amines) is 2. The number of rotatable bonds is 5. The molecule has 2 N–H and O–H groups in total. The van der Waals surface area contributed by atoms with Crippen molar-refractivity contribution in [3.63, 3.8) is 0 Å². The number of ether oxygens (including phenoxy) is 1. The molecule has 2 saturated heterocycles. The average molecular weight is 450 g/mol. The maximum atomic E-state index is 12.7. The van der Waals surface area contributed by atoms with Gasteiger partial charge in [0.1, 0.15) is 5.60 Å². The molecule has 0 spiro atoms. The molecule has 32 heavy (non-hydrogen) atoms. The van der Waals surface area contributed by atoms with Crippen LogP contribution in [0.1, 0.15) is 72.1 Å². The van der Waals surface area contributed by atoms with Gasteiger partial charge in [0.15, 0.2) is 5.96 Å². The molecule has 1 saturated carbocycles. The second kappa shape index (κ2) is 11.2. The fourth-order valence-electron chi connectivity index (χ4n) is 5.08. The van der Waals surface area contributed by atoms with Crippen LogP contribution in [0.15, 0.2) is 4.99 Å². The summed E-state index contributed by atoms with van der Waals surface area (Å²) in [5.41, 5.74) is -0.457. The van der Waals surface area contributed by atoms with Gasteiger partial charge in [-0.25, -0.2) is 4.79 Å². The third kappa shape index (κ3) is 7.27. The molecule has 0 aromatic heterocycles. The molecule has 8 heteroatoms. The van der Waals surface area contributed by atoms with Gasteiger partial charge in [0, 0.05) is 51.7 Å². The Morgan fingerprint density at radius 1 is 1.00 bits per heavy atom. The molecule has 3 fully saturated rings. The molecule has 182 valence electrons. The lowest BCUT2D eigenvalue weighted by molar-refractivity contribution is -0.134. The van der Waals surface area contributed by atoms with Gasteiger partial charge in [0.25, 0.3) is 0 Å². The van der Waals surface area contributed by atoms with Crippen LogP contribution in [0.3, 0.4) is 0 Å². The molecule has 0 radical (unpaired) electrons. The van der Waals surface area contributed by atoms with Crippen LogP contribution >= 0.6 is 0 Å². The standard InChI is InChI=1S/C24H43N5O3/c1-24(2,3)32-23(31)29-14-7-8-18(16-29)11-13-26-22(25-4)27-20-12-15-28(17-20)21(30)19-9-5-6-10-19/h18-20H,5-17H2,1-4H3,(H2,25,26,27). The minimum atomic E-state index is -0.457. The number of amides is 2. The minimum absolute atomic E-state index is 0.203. The molecule has 0 aromatic rings. The van der Waals surface area contributed by atoms with Crippen molar-refractivity contribution in [2.45, 2.75) is 83.8 Å². The topological polar surface area (TPSA) is 86.3 Å². The first kappa shape index (κ1) is 24.6. The van der Waals surface area contributed by atoms with Crippen LogP contribution in [0, 0.1) is 11.8 Å². The first-order valence-corrected chi connectivity index (χ1v) is 12.5. The predicted molar refractivity (Wildman–Crippen MR) is 127 cm³/mol. The molecule has 0 bridgehead atoms. The highest BCUT2D eigenvalue weighted by Crippen LogP contribution is 2.28. The predicted octanol–water partition coefficient (Wildman–Crippen LogP) is 2.98. The lowest BCUT2D eigenvalue weighted by atomic mass is 9.95. The second-order valence-electron chi connectivity index (χ2n) is 10.6. The Labute approximate surface area is 193 Å². The molecule has 2 unspecified atom stereocenters. The SMILES string of the molecule is CN=C(NCCC1CCCN(C(=O)OC(C)(C)C)C1)NC1CCN(C(=O)C2CCCC2)C1. The number of hydrogen-bond acceptors (Lipinski definition) is 4. The molecule has 8 nitrogen and oxygen atoms in total. The Kier molecular flexibility index (Phi) is 8.65. The van der Waals surface area contributed by atoms with E-state index < -0.39 is 5.60 Å². The van der Waals surface area contributed by atoms with Crippen LogP contribution in [0.2, 0.25) is 0 Å². The summed E-state index contributed by atoms with van der Waals surface area (Å²) in [6.45, 7) is 9.67. The van der Waals surface area contributed by atoms with Gasteiger partial charge in [-0.1, -0.05) is 12.8 Å². The van der Waals surface area contributed by atoms with Crippen molar-refractivity contribution in [1.82, 2.24) is 20.4 Å². The van der Waals surface area contributed by atoms with Gasteiger partial charge in [0.05, 0.1) is 0 Å². The Balaban J connectivity index is 1.36. The maximum Gasteiger partial charge on any atom is 0.410 e.